The number of hydrogen-bond acceptors (Lipinski definition) is 7. The van der Waals surface area contributed by atoms with Gasteiger partial charge in [0.1, 0.15) is 0 Å². The number of carbonyl (C=O) groups is 1. The smallest absolute Gasteiger partial charge is 0.245 e. The Bertz CT molecular complexity index is 1400. The minimum Gasteiger partial charge on any atom is -0.399 e. The summed E-state index contributed by atoms with van der Waals surface area (Å²) in [6.45, 7) is 3.27. The number of halogens is 1. The van der Waals surface area contributed by atoms with Gasteiger partial charge < -0.3 is 20.7 Å². The van der Waals surface area contributed by atoms with Crippen LogP contribution in [0, 0.1) is 0 Å². The minimum atomic E-state index is -0.547. The summed E-state index contributed by atoms with van der Waals surface area (Å²) in [4.78, 5) is 23.0. The zero-order valence-electron chi connectivity index (χ0n) is 18.9. The molecule has 8 heteroatoms. The zero-order valence-corrected chi connectivity index (χ0v) is 19.7. The Morgan fingerprint density at radius 3 is 2.63 bits per heavy atom. The maximum absolute atomic E-state index is 11.4. The molecule has 0 spiro atoms. The second-order valence-electron chi connectivity index (χ2n) is 8.20. The number of morpholine rings is 1. The number of ether oxygens (including phenoxy) is 1. The van der Waals surface area contributed by atoms with E-state index in [2.05, 4.69) is 27.3 Å². The highest BCUT2D eigenvalue weighted by Gasteiger charge is 2.14. The molecule has 0 aliphatic carbocycles. The third kappa shape index (κ3) is 5.26. The van der Waals surface area contributed by atoms with E-state index in [1.54, 1.807) is 12.3 Å². The number of nitrogens with zero attached hydrogens (tertiary/aromatic N) is 3. The number of benzene rings is 3. The first-order chi connectivity index (χ1) is 17.1. The van der Waals surface area contributed by atoms with E-state index in [-0.39, 0.29) is 0 Å². The van der Waals surface area contributed by atoms with Crippen LogP contribution < -0.4 is 16.0 Å². The second-order valence-corrected chi connectivity index (χ2v) is 8.57. The van der Waals surface area contributed by atoms with Gasteiger partial charge in [0.25, 0.3) is 0 Å². The first-order valence-electron chi connectivity index (χ1n) is 11.3. The van der Waals surface area contributed by atoms with Crippen LogP contribution in [-0.2, 0) is 9.53 Å². The third-order valence-corrected chi connectivity index (χ3v) is 5.98. The lowest BCUT2D eigenvalue weighted by molar-refractivity contribution is -0.107. The van der Waals surface area contributed by atoms with Crippen LogP contribution in [0.3, 0.4) is 0 Å². The average Bonchev–Trinajstić information content (AvgIpc) is 2.88. The first-order valence-corrected chi connectivity index (χ1v) is 11.7. The lowest BCUT2D eigenvalue weighted by Crippen LogP contribution is -2.36. The number of nitrogen functional groups attached to an aromatic ring is 1. The number of aromatic nitrogens is 2. The molecule has 3 N–H and O–H groups in total. The van der Waals surface area contributed by atoms with Crippen LogP contribution in [0.25, 0.3) is 28.1 Å². The molecular formula is C27H24ClN5O2. The summed E-state index contributed by atoms with van der Waals surface area (Å²) in [5, 5.41) is 3.62. The fraction of sp³-hybridized carbons (Fsp3) is 0.148. The predicted octanol–water partition coefficient (Wildman–Crippen LogP) is 5.24. The third-order valence-electron chi connectivity index (χ3n) is 5.85. The van der Waals surface area contributed by atoms with E-state index in [4.69, 9.17) is 27.1 Å². The van der Waals surface area contributed by atoms with E-state index >= 15 is 0 Å². The zero-order chi connectivity index (χ0) is 24.2. The molecule has 2 heterocycles. The Labute approximate surface area is 208 Å². The van der Waals surface area contributed by atoms with E-state index in [0.717, 1.165) is 65.3 Å². The number of allylic oxidation sites excluding steroid dienone is 1. The normalized spacial score (nSPS) is 13.9. The van der Waals surface area contributed by atoms with Gasteiger partial charge in [0.05, 0.1) is 18.7 Å². The molecule has 0 amide bonds. The Balaban J connectivity index is 1.52. The van der Waals surface area contributed by atoms with E-state index in [1.165, 1.54) is 6.08 Å². The van der Waals surface area contributed by atoms with Crippen molar-refractivity contribution in [3.8, 4) is 11.1 Å². The van der Waals surface area contributed by atoms with E-state index < -0.39 is 5.24 Å². The summed E-state index contributed by atoms with van der Waals surface area (Å²) in [6, 6.07) is 19.6. The summed E-state index contributed by atoms with van der Waals surface area (Å²) in [5.74, 6) is 0.469. The predicted molar refractivity (Wildman–Crippen MR) is 142 cm³/mol. The van der Waals surface area contributed by atoms with Gasteiger partial charge in [-0.3, -0.25) is 4.79 Å². The number of nitrogens with two attached hydrogens (primary N) is 1. The Morgan fingerprint density at radius 2 is 1.89 bits per heavy atom. The molecule has 1 aliphatic heterocycles. The summed E-state index contributed by atoms with van der Waals surface area (Å²) in [5.41, 5.74) is 12.0. The Hall–Kier alpha value is -3.94. The van der Waals surface area contributed by atoms with Crippen LogP contribution in [0.4, 0.5) is 23.0 Å². The summed E-state index contributed by atoms with van der Waals surface area (Å²) < 4.78 is 5.44. The number of fused-ring (bicyclic) bond motifs is 1. The van der Waals surface area contributed by atoms with Crippen LogP contribution in [0.5, 0.6) is 0 Å². The van der Waals surface area contributed by atoms with Crippen LogP contribution >= 0.6 is 11.6 Å². The van der Waals surface area contributed by atoms with Crippen molar-refractivity contribution in [3.63, 3.8) is 0 Å². The fourth-order valence-electron chi connectivity index (χ4n) is 4.17. The van der Waals surface area contributed by atoms with E-state index in [0.29, 0.717) is 11.6 Å². The number of anilines is 4. The molecule has 1 saturated heterocycles. The Kier molecular flexibility index (Phi) is 6.61. The summed E-state index contributed by atoms with van der Waals surface area (Å²) >= 11 is 5.56. The average molecular weight is 486 g/mol. The highest BCUT2D eigenvalue weighted by atomic mass is 35.5. The lowest BCUT2D eigenvalue weighted by atomic mass is 9.96. The van der Waals surface area contributed by atoms with Crippen molar-refractivity contribution in [1.82, 2.24) is 9.97 Å². The molecule has 3 aromatic carbocycles. The van der Waals surface area contributed by atoms with Gasteiger partial charge in [0.15, 0.2) is 0 Å². The topological polar surface area (TPSA) is 93.4 Å². The van der Waals surface area contributed by atoms with Crippen molar-refractivity contribution in [2.24, 2.45) is 0 Å². The fourth-order valence-corrected chi connectivity index (χ4v) is 4.23. The molecule has 0 atom stereocenters. The molecule has 1 fully saturated rings. The van der Waals surface area contributed by atoms with Gasteiger partial charge in [-0.1, -0.05) is 24.3 Å². The molecule has 5 rings (SSSR count). The molecule has 0 radical (unpaired) electrons. The molecule has 1 aliphatic rings. The van der Waals surface area contributed by atoms with Gasteiger partial charge in [0, 0.05) is 47.3 Å². The van der Waals surface area contributed by atoms with Crippen molar-refractivity contribution in [1.29, 1.82) is 0 Å². The summed E-state index contributed by atoms with van der Waals surface area (Å²) in [7, 11) is 0. The minimum absolute atomic E-state index is 0.469. The quantitative estimate of drug-likeness (QED) is 0.219. The number of hydrogen-bond donors (Lipinski definition) is 2. The molecule has 35 heavy (non-hydrogen) atoms. The molecule has 1 aromatic heterocycles. The van der Waals surface area contributed by atoms with E-state index in [9.17, 15) is 4.79 Å². The van der Waals surface area contributed by atoms with Gasteiger partial charge in [-0.15, -0.1) is 0 Å². The van der Waals surface area contributed by atoms with Gasteiger partial charge in [-0.2, -0.15) is 0 Å². The maximum Gasteiger partial charge on any atom is 0.245 e. The first kappa shape index (κ1) is 22.8. The van der Waals surface area contributed by atoms with Gasteiger partial charge in [0.2, 0.25) is 11.2 Å². The van der Waals surface area contributed by atoms with Crippen LogP contribution in [0.15, 0.2) is 72.9 Å². The molecule has 7 nitrogen and oxygen atoms in total. The molecule has 176 valence electrons. The van der Waals surface area contributed by atoms with E-state index in [1.807, 2.05) is 48.5 Å². The SMILES string of the molecule is Nc1cccc(-c2c(/C=C\C(=O)Cl)ccc3cnc(Nc4ccc(N5CCOCC5)cc4)nc23)c1. The molecule has 4 aromatic rings. The van der Waals surface area contributed by atoms with Crippen molar-refractivity contribution in [2.75, 3.05) is 42.3 Å². The largest absolute Gasteiger partial charge is 0.399 e. The maximum atomic E-state index is 11.4. The van der Waals surface area contributed by atoms with Crippen molar-refractivity contribution in [2.45, 2.75) is 0 Å². The van der Waals surface area contributed by atoms with Crippen LogP contribution in [0.2, 0.25) is 0 Å². The van der Waals surface area contributed by atoms with Crippen LogP contribution in [0.1, 0.15) is 5.56 Å². The molecule has 0 unspecified atom stereocenters. The van der Waals surface area contributed by atoms with Gasteiger partial charge >= 0.3 is 0 Å². The lowest BCUT2D eigenvalue weighted by Gasteiger charge is -2.28. The molecule has 0 saturated carbocycles. The van der Waals surface area contributed by atoms with Gasteiger partial charge in [-0.25, -0.2) is 9.97 Å². The van der Waals surface area contributed by atoms with Crippen molar-refractivity contribution >= 4 is 56.8 Å². The molecular weight excluding hydrogens is 462 g/mol. The standard InChI is InChI=1S/C27H24ClN5O2/c28-24(34)11-6-18-4-5-20-17-30-27(32-26(20)25(18)19-2-1-3-21(29)16-19)31-22-7-9-23(10-8-22)33-12-14-35-15-13-33/h1-11,16-17H,12-15,29H2,(H,30,31,32)/b11-6-. The second kappa shape index (κ2) is 10.1. The van der Waals surface area contributed by atoms with Gasteiger partial charge in [-0.05, 0) is 71.3 Å². The highest BCUT2D eigenvalue weighted by molar-refractivity contribution is 6.66. The monoisotopic (exact) mass is 485 g/mol. The number of nitrogens with one attached hydrogen (secondary N) is 1. The highest BCUT2D eigenvalue weighted by Crippen LogP contribution is 2.33. The van der Waals surface area contributed by atoms with Crippen LogP contribution in [-0.4, -0.2) is 41.5 Å². The molecule has 0 bridgehead atoms. The van der Waals surface area contributed by atoms with Crippen molar-refractivity contribution < 1.29 is 9.53 Å². The Morgan fingerprint density at radius 1 is 1.09 bits per heavy atom. The number of carbonyl (C=O) groups excluding carboxylic acids is 1. The van der Waals surface area contributed by atoms with Crippen molar-refractivity contribution in [3.05, 3.63) is 78.5 Å². The number of rotatable bonds is 6. The summed E-state index contributed by atoms with van der Waals surface area (Å²) in [6.07, 6.45) is 4.80.